The molecule has 1 N–H and O–H groups in total. The maximum atomic E-state index is 4.15. The predicted molar refractivity (Wildman–Crippen MR) is 60.9 cm³/mol. The molecule has 0 radical (unpaired) electrons. The van der Waals surface area contributed by atoms with Crippen molar-refractivity contribution in [3.63, 3.8) is 0 Å². The van der Waals surface area contributed by atoms with Crippen LogP contribution in [0.1, 0.15) is 40.5 Å². The van der Waals surface area contributed by atoms with Gasteiger partial charge in [0.1, 0.15) is 0 Å². The average molecular weight is 183 g/mol. The molecular formula is C12H25N. The molecule has 0 heterocycles. The van der Waals surface area contributed by atoms with Gasteiger partial charge in [-0.2, -0.15) is 0 Å². The highest BCUT2D eigenvalue weighted by Gasteiger charge is 2.13. The molecular weight excluding hydrogens is 158 g/mol. The van der Waals surface area contributed by atoms with E-state index in [0.29, 0.717) is 17.9 Å². The molecule has 0 fully saturated rings. The highest BCUT2D eigenvalue weighted by atomic mass is 14.9. The quantitative estimate of drug-likeness (QED) is 0.623. The van der Waals surface area contributed by atoms with Crippen molar-refractivity contribution in [1.82, 2.24) is 5.32 Å². The van der Waals surface area contributed by atoms with E-state index in [1.54, 1.807) is 0 Å². The van der Waals surface area contributed by atoms with Crippen LogP contribution >= 0.6 is 0 Å². The number of hydrogen-bond donors (Lipinski definition) is 1. The van der Waals surface area contributed by atoms with E-state index in [0.717, 1.165) is 6.42 Å². The van der Waals surface area contributed by atoms with Crippen molar-refractivity contribution >= 4 is 0 Å². The van der Waals surface area contributed by atoms with Gasteiger partial charge in [-0.25, -0.2) is 0 Å². The average Bonchev–Trinajstić information content (AvgIpc) is 2.14. The van der Waals surface area contributed by atoms with Gasteiger partial charge in [0.05, 0.1) is 0 Å². The van der Waals surface area contributed by atoms with E-state index < -0.39 is 0 Å². The Bertz CT molecular complexity index is 151. The second-order valence-corrected chi connectivity index (χ2v) is 4.23. The van der Waals surface area contributed by atoms with Crippen LogP contribution in [0.15, 0.2) is 12.2 Å². The van der Waals surface area contributed by atoms with E-state index in [4.69, 9.17) is 0 Å². The van der Waals surface area contributed by atoms with Crippen LogP contribution in [0, 0.1) is 11.8 Å². The highest BCUT2D eigenvalue weighted by Crippen LogP contribution is 2.21. The summed E-state index contributed by atoms with van der Waals surface area (Å²) < 4.78 is 0. The van der Waals surface area contributed by atoms with Crippen LogP contribution in [0.3, 0.4) is 0 Å². The summed E-state index contributed by atoms with van der Waals surface area (Å²) in [7, 11) is 2.02. The lowest BCUT2D eigenvalue weighted by molar-refractivity contribution is 0.408. The second-order valence-electron chi connectivity index (χ2n) is 4.23. The van der Waals surface area contributed by atoms with E-state index in [9.17, 15) is 0 Å². The van der Waals surface area contributed by atoms with E-state index in [-0.39, 0.29) is 0 Å². The maximum Gasteiger partial charge on any atom is 0.00644 e. The Morgan fingerprint density at radius 2 is 1.85 bits per heavy atom. The van der Waals surface area contributed by atoms with Gasteiger partial charge in [-0.1, -0.05) is 32.9 Å². The molecule has 0 saturated carbocycles. The summed E-state index contributed by atoms with van der Waals surface area (Å²) in [6, 6.07) is 0.584. The van der Waals surface area contributed by atoms with Crippen LogP contribution in [0.4, 0.5) is 0 Å². The van der Waals surface area contributed by atoms with E-state index in [1.165, 1.54) is 12.0 Å². The summed E-state index contributed by atoms with van der Waals surface area (Å²) in [5.41, 5.74) is 1.40. The van der Waals surface area contributed by atoms with E-state index in [1.807, 2.05) is 7.05 Å². The molecule has 1 heteroatoms. The molecule has 0 aromatic rings. The Kier molecular flexibility index (Phi) is 6.06. The fourth-order valence-electron chi connectivity index (χ4n) is 1.36. The Morgan fingerprint density at radius 3 is 2.23 bits per heavy atom. The van der Waals surface area contributed by atoms with Crippen LogP contribution in [-0.2, 0) is 0 Å². The van der Waals surface area contributed by atoms with Crippen LogP contribution in [0.2, 0.25) is 0 Å². The van der Waals surface area contributed by atoms with E-state index >= 15 is 0 Å². The minimum absolute atomic E-state index is 0.584. The van der Waals surface area contributed by atoms with Crippen LogP contribution in [-0.4, -0.2) is 13.1 Å². The Morgan fingerprint density at radius 1 is 1.31 bits per heavy atom. The zero-order chi connectivity index (χ0) is 10.4. The smallest absolute Gasteiger partial charge is 0.00644 e. The van der Waals surface area contributed by atoms with Gasteiger partial charge in [0, 0.05) is 6.04 Å². The lowest BCUT2D eigenvalue weighted by Crippen LogP contribution is -2.29. The largest absolute Gasteiger partial charge is 0.317 e. The van der Waals surface area contributed by atoms with E-state index in [2.05, 4.69) is 39.6 Å². The van der Waals surface area contributed by atoms with Crippen molar-refractivity contribution in [2.45, 2.75) is 46.6 Å². The SMILES string of the molecule is C=C(CC(C)C(C)NC)C(C)CC. The minimum atomic E-state index is 0.584. The van der Waals surface area contributed by atoms with Crippen molar-refractivity contribution in [2.24, 2.45) is 11.8 Å². The monoisotopic (exact) mass is 183 g/mol. The summed E-state index contributed by atoms with van der Waals surface area (Å²) in [6.45, 7) is 13.2. The highest BCUT2D eigenvalue weighted by molar-refractivity contribution is 5.00. The molecule has 1 nitrogen and oxygen atoms in total. The summed E-state index contributed by atoms with van der Waals surface area (Å²) >= 11 is 0. The second kappa shape index (κ2) is 6.20. The Labute approximate surface area is 83.6 Å². The molecule has 13 heavy (non-hydrogen) atoms. The maximum absolute atomic E-state index is 4.15. The molecule has 0 spiro atoms. The van der Waals surface area contributed by atoms with Crippen molar-refractivity contribution in [3.8, 4) is 0 Å². The predicted octanol–water partition coefficient (Wildman–Crippen LogP) is 3.22. The fraction of sp³-hybridized carbons (Fsp3) is 0.833. The van der Waals surface area contributed by atoms with Gasteiger partial charge < -0.3 is 5.32 Å². The fourth-order valence-corrected chi connectivity index (χ4v) is 1.36. The topological polar surface area (TPSA) is 12.0 Å². The molecule has 0 aromatic heterocycles. The first-order valence-corrected chi connectivity index (χ1v) is 5.37. The van der Waals surface area contributed by atoms with Crippen molar-refractivity contribution in [1.29, 1.82) is 0 Å². The van der Waals surface area contributed by atoms with Gasteiger partial charge in [0.15, 0.2) is 0 Å². The van der Waals surface area contributed by atoms with Crippen LogP contribution < -0.4 is 5.32 Å². The van der Waals surface area contributed by atoms with Gasteiger partial charge in [0.25, 0.3) is 0 Å². The first kappa shape index (κ1) is 12.7. The number of rotatable bonds is 6. The first-order valence-electron chi connectivity index (χ1n) is 5.37. The number of hydrogen-bond acceptors (Lipinski definition) is 1. The number of nitrogens with one attached hydrogen (secondary N) is 1. The summed E-state index contributed by atoms with van der Waals surface area (Å²) in [5.74, 6) is 1.36. The summed E-state index contributed by atoms with van der Waals surface area (Å²) in [4.78, 5) is 0. The summed E-state index contributed by atoms with van der Waals surface area (Å²) in [6.07, 6.45) is 2.36. The molecule has 3 atom stereocenters. The third-order valence-electron chi connectivity index (χ3n) is 3.20. The Hall–Kier alpha value is -0.300. The first-order chi connectivity index (χ1) is 6.02. The van der Waals surface area contributed by atoms with Crippen molar-refractivity contribution in [3.05, 3.63) is 12.2 Å². The van der Waals surface area contributed by atoms with Gasteiger partial charge >= 0.3 is 0 Å². The lowest BCUT2D eigenvalue weighted by atomic mass is 9.88. The number of allylic oxidation sites excluding steroid dienone is 1. The standard InChI is InChI=1S/C12H25N/c1-7-9(2)10(3)8-11(4)12(5)13-6/h9,11-13H,3,7-8H2,1-2,4-6H3. The molecule has 0 saturated heterocycles. The minimum Gasteiger partial charge on any atom is -0.317 e. The van der Waals surface area contributed by atoms with Gasteiger partial charge in [-0.15, -0.1) is 0 Å². The zero-order valence-electron chi connectivity index (χ0n) is 9.85. The molecule has 0 bridgehead atoms. The third-order valence-corrected chi connectivity index (χ3v) is 3.20. The van der Waals surface area contributed by atoms with Gasteiger partial charge in [-0.05, 0) is 38.6 Å². The molecule has 0 aliphatic heterocycles. The normalized spacial score (nSPS) is 17.9. The van der Waals surface area contributed by atoms with Gasteiger partial charge in [-0.3, -0.25) is 0 Å². The Balaban J connectivity index is 3.91. The third kappa shape index (κ3) is 4.47. The molecule has 3 unspecified atom stereocenters. The molecule has 0 amide bonds. The van der Waals surface area contributed by atoms with Crippen LogP contribution in [0.25, 0.3) is 0 Å². The van der Waals surface area contributed by atoms with Crippen molar-refractivity contribution in [2.75, 3.05) is 7.05 Å². The zero-order valence-corrected chi connectivity index (χ0v) is 9.85. The summed E-state index contributed by atoms with van der Waals surface area (Å²) in [5, 5.41) is 3.29. The molecule has 78 valence electrons. The molecule has 0 aliphatic carbocycles. The molecule has 0 rings (SSSR count). The molecule has 0 aromatic carbocycles. The van der Waals surface area contributed by atoms with Gasteiger partial charge in [0.2, 0.25) is 0 Å². The lowest BCUT2D eigenvalue weighted by Gasteiger charge is -2.22. The van der Waals surface area contributed by atoms with Crippen LogP contribution in [0.5, 0.6) is 0 Å². The van der Waals surface area contributed by atoms with Crippen molar-refractivity contribution < 1.29 is 0 Å². The molecule has 0 aliphatic rings.